The minimum Gasteiger partial charge on any atom is -0.410 e. The summed E-state index contributed by atoms with van der Waals surface area (Å²) in [6.45, 7) is 0. The average molecular weight is 319 g/mol. The van der Waals surface area contributed by atoms with Crippen LogP contribution in [0.1, 0.15) is 24.3 Å². The molecular weight excluding hydrogens is 302 g/mol. The van der Waals surface area contributed by atoms with Crippen LogP contribution in [0.5, 0.6) is 5.75 Å². The summed E-state index contributed by atoms with van der Waals surface area (Å²) in [4.78, 5) is 14.3. The van der Waals surface area contributed by atoms with Crippen LogP contribution in [0, 0.1) is 0 Å². The van der Waals surface area contributed by atoms with Gasteiger partial charge in [0, 0.05) is 6.07 Å². The number of carbonyl (C=O) groups excluding carboxylic acids is 1. The summed E-state index contributed by atoms with van der Waals surface area (Å²) in [7, 11) is 0. The number of ether oxygens (including phenoxy) is 1. The monoisotopic (exact) mass is 319 g/mol. The fourth-order valence-corrected chi connectivity index (χ4v) is 2.69. The summed E-state index contributed by atoms with van der Waals surface area (Å²) in [5.41, 5.74) is 2.02. The van der Waals surface area contributed by atoms with Crippen molar-refractivity contribution in [1.29, 1.82) is 0 Å². The van der Waals surface area contributed by atoms with E-state index in [9.17, 15) is 4.79 Å². The van der Waals surface area contributed by atoms with E-state index in [1.54, 1.807) is 24.4 Å². The van der Waals surface area contributed by atoms with Gasteiger partial charge in [0.25, 0.3) is 0 Å². The Hall–Kier alpha value is -3.08. The third-order valence-corrected chi connectivity index (χ3v) is 4.04. The maximum Gasteiger partial charge on any atom is 0.425 e. The smallest absolute Gasteiger partial charge is 0.410 e. The molecule has 0 radical (unpaired) electrons. The highest BCUT2D eigenvalue weighted by Gasteiger charge is 2.26. The van der Waals surface area contributed by atoms with Gasteiger partial charge in [0.05, 0.1) is 11.9 Å². The Labute approximate surface area is 139 Å². The molecule has 3 aromatic rings. The second kappa shape index (κ2) is 6.20. The molecule has 5 nitrogen and oxygen atoms in total. The molecule has 0 spiro atoms. The van der Waals surface area contributed by atoms with Gasteiger partial charge >= 0.3 is 6.09 Å². The zero-order valence-corrected chi connectivity index (χ0v) is 13.1. The molecule has 1 saturated carbocycles. The lowest BCUT2D eigenvalue weighted by molar-refractivity contribution is 0.210. The molecule has 1 heterocycles. The van der Waals surface area contributed by atoms with Crippen molar-refractivity contribution in [3.63, 3.8) is 0 Å². The summed E-state index contributed by atoms with van der Waals surface area (Å²) >= 11 is 0. The highest BCUT2D eigenvalue weighted by molar-refractivity contribution is 5.96. The van der Waals surface area contributed by atoms with Crippen molar-refractivity contribution < 1.29 is 9.53 Å². The number of hydrogen-bond donors (Lipinski definition) is 1. The number of nitrogens with one attached hydrogen (secondary N) is 1. The number of hydrogen-bond acceptors (Lipinski definition) is 3. The quantitative estimate of drug-likeness (QED) is 0.763. The van der Waals surface area contributed by atoms with Crippen LogP contribution in [0.15, 0.2) is 66.9 Å². The van der Waals surface area contributed by atoms with Gasteiger partial charge in [-0.25, -0.2) is 9.69 Å². The van der Waals surface area contributed by atoms with E-state index in [1.807, 2.05) is 36.4 Å². The molecule has 24 heavy (non-hydrogen) atoms. The lowest BCUT2D eigenvalue weighted by Crippen LogP contribution is -2.29. The molecule has 5 heteroatoms. The second-order valence-electron chi connectivity index (χ2n) is 5.83. The number of carbonyl (C=O) groups is 1. The van der Waals surface area contributed by atoms with Crippen molar-refractivity contribution in [1.82, 2.24) is 10.2 Å². The average Bonchev–Trinajstić information content (AvgIpc) is 3.33. The second-order valence-corrected chi connectivity index (χ2v) is 5.83. The number of H-pyrrole nitrogens is 1. The van der Waals surface area contributed by atoms with Gasteiger partial charge in [-0.15, -0.1) is 0 Å². The molecule has 1 aliphatic rings. The zero-order valence-electron chi connectivity index (χ0n) is 13.1. The van der Waals surface area contributed by atoms with Crippen molar-refractivity contribution in [3.8, 4) is 5.75 Å². The Balaban J connectivity index is 1.67. The Morgan fingerprint density at radius 2 is 1.92 bits per heavy atom. The number of aromatic amines is 1. The number of benzene rings is 2. The van der Waals surface area contributed by atoms with Crippen LogP contribution in [0.25, 0.3) is 0 Å². The van der Waals surface area contributed by atoms with E-state index in [0.29, 0.717) is 17.5 Å². The Morgan fingerprint density at radius 1 is 1.08 bits per heavy atom. The third kappa shape index (κ3) is 3.01. The van der Waals surface area contributed by atoms with Crippen LogP contribution in [0.4, 0.5) is 16.3 Å². The molecule has 0 saturated heterocycles. The van der Waals surface area contributed by atoms with Gasteiger partial charge in [-0.2, -0.15) is 5.10 Å². The molecule has 1 amide bonds. The number of amides is 1. The highest BCUT2D eigenvalue weighted by Crippen LogP contribution is 2.41. The van der Waals surface area contributed by atoms with E-state index in [-0.39, 0.29) is 0 Å². The van der Waals surface area contributed by atoms with Gasteiger partial charge in [0.15, 0.2) is 0 Å². The number of para-hydroxylation sites is 1. The first-order chi connectivity index (χ1) is 11.8. The first kappa shape index (κ1) is 14.5. The van der Waals surface area contributed by atoms with Crippen LogP contribution in [0.2, 0.25) is 0 Å². The van der Waals surface area contributed by atoms with E-state index in [4.69, 9.17) is 4.74 Å². The maximum atomic E-state index is 12.8. The summed E-state index contributed by atoms with van der Waals surface area (Å²) in [5.74, 6) is 1.69. The van der Waals surface area contributed by atoms with E-state index >= 15 is 0 Å². The van der Waals surface area contributed by atoms with Gasteiger partial charge in [-0.3, -0.25) is 5.10 Å². The summed E-state index contributed by atoms with van der Waals surface area (Å²) in [6.07, 6.45) is 3.56. The minimum atomic E-state index is -0.474. The summed E-state index contributed by atoms with van der Waals surface area (Å²) in [5, 5.41) is 6.80. The lowest BCUT2D eigenvalue weighted by atomic mass is 10.1. The standard InChI is InChI=1S/C19H17N3O2/c23-19(24-17-7-2-1-3-8-17)22(18-11-12-20-21-18)16-6-4-5-15(13-16)14-9-10-14/h1-8,11-14H,9-10H2,(H,20,21). The van der Waals surface area contributed by atoms with Crippen LogP contribution in [-0.4, -0.2) is 16.3 Å². The zero-order chi connectivity index (χ0) is 16.4. The first-order valence-corrected chi connectivity index (χ1v) is 7.97. The molecule has 120 valence electrons. The van der Waals surface area contributed by atoms with Crippen molar-refractivity contribution in [2.45, 2.75) is 18.8 Å². The predicted octanol–water partition coefficient (Wildman–Crippen LogP) is 4.62. The van der Waals surface area contributed by atoms with Gasteiger partial charge < -0.3 is 4.74 Å². The van der Waals surface area contributed by atoms with Crippen molar-refractivity contribution in [2.75, 3.05) is 4.90 Å². The van der Waals surface area contributed by atoms with Crippen LogP contribution >= 0.6 is 0 Å². The van der Waals surface area contributed by atoms with Crippen LogP contribution < -0.4 is 9.64 Å². The van der Waals surface area contributed by atoms with Crippen molar-refractivity contribution in [2.24, 2.45) is 0 Å². The molecule has 1 aliphatic carbocycles. The van der Waals surface area contributed by atoms with E-state index in [2.05, 4.69) is 16.3 Å². The molecule has 0 unspecified atom stereocenters. The molecule has 0 aliphatic heterocycles. The lowest BCUT2D eigenvalue weighted by Gasteiger charge is -2.21. The normalized spacial score (nSPS) is 13.5. The van der Waals surface area contributed by atoms with Gasteiger partial charge in [-0.1, -0.05) is 30.3 Å². The van der Waals surface area contributed by atoms with Crippen molar-refractivity contribution >= 4 is 17.6 Å². The molecular formula is C19H17N3O2. The number of rotatable bonds is 4. The maximum absolute atomic E-state index is 12.8. The Bertz CT molecular complexity index is 827. The molecule has 0 bridgehead atoms. The number of nitrogens with zero attached hydrogens (tertiary/aromatic N) is 2. The molecule has 1 N–H and O–H groups in total. The Kier molecular flexibility index (Phi) is 3.75. The third-order valence-electron chi connectivity index (χ3n) is 4.04. The van der Waals surface area contributed by atoms with Crippen LogP contribution in [0.3, 0.4) is 0 Å². The molecule has 2 aromatic carbocycles. The fourth-order valence-electron chi connectivity index (χ4n) is 2.69. The molecule has 4 rings (SSSR count). The number of aromatic nitrogens is 2. The van der Waals surface area contributed by atoms with Gasteiger partial charge in [-0.05, 0) is 48.6 Å². The van der Waals surface area contributed by atoms with Gasteiger partial charge in [0.1, 0.15) is 11.6 Å². The van der Waals surface area contributed by atoms with Crippen molar-refractivity contribution in [3.05, 3.63) is 72.4 Å². The SMILES string of the molecule is O=C(Oc1ccccc1)N(c1cccc(C2CC2)c1)c1ccn[nH]1. The predicted molar refractivity (Wildman–Crippen MR) is 91.6 cm³/mol. The van der Waals surface area contributed by atoms with E-state index in [0.717, 1.165) is 5.69 Å². The van der Waals surface area contributed by atoms with Crippen LogP contribution in [-0.2, 0) is 0 Å². The topological polar surface area (TPSA) is 58.2 Å². The fraction of sp³-hybridized carbons (Fsp3) is 0.158. The summed E-state index contributed by atoms with van der Waals surface area (Å²) in [6, 6.07) is 18.8. The van der Waals surface area contributed by atoms with E-state index in [1.165, 1.54) is 23.3 Å². The van der Waals surface area contributed by atoms with E-state index < -0.39 is 6.09 Å². The first-order valence-electron chi connectivity index (χ1n) is 7.97. The molecule has 0 atom stereocenters. The molecule has 1 fully saturated rings. The van der Waals surface area contributed by atoms with Gasteiger partial charge in [0.2, 0.25) is 0 Å². The summed E-state index contributed by atoms with van der Waals surface area (Å²) < 4.78 is 5.51. The number of anilines is 2. The Morgan fingerprint density at radius 3 is 2.62 bits per heavy atom. The molecule has 1 aromatic heterocycles. The largest absolute Gasteiger partial charge is 0.425 e. The minimum absolute atomic E-state index is 0.474. The highest BCUT2D eigenvalue weighted by atomic mass is 16.6.